The van der Waals surface area contributed by atoms with Gasteiger partial charge in [0.2, 0.25) is 0 Å². The lowest BCUT2D eigenvalue weighted by Gasteiger charge is -2.23. The van der Waals surface area contributed by atoms with Crippen LogP contribution in [0.2, 0.25) is 0 Å². The Kier molecular flexibility index (Phi) is 6.32. The van der Waals surface area contributed by atoms with Crippen molar-refractivity contribution in [3.8, 4) is 11.4 Å². The number of aliphatic hydroxyl groups is 1. The van der Waals surface area contributed by atoms with Gasteiger partial charge in [0.1, 0.15) is 11.9 Å². The normalized spacial score (nSPS) is 12.9. The van der Waals surface area contributed by atoms with Gasteiger partial charge in [-0.15, -0.1) is 0 Å². The van der Waals surface area contributed by atoms with Crippen molar-refractivity contribution >= 4 is 10.9 Å². The van der Waals surface area contributed by atoms with Crippen molar-refractivity contribution in [2.75, 3.05) is 0 Å². The quantitative estimate of drug-likeness (QED) is 0.505. The van der Waals surface area contributed by atoms with E-state index < -0.39 is 0 Å². The molecule has 3 N–H and O–H groups in total. The molecule has 0 aliphatic heterocycles. The second-order valence-corrected chi connectivity index (χ2v) is 6.91. The lowest BCUT2D eigenvalue weighted by atomic mass is 10.0. The molecule has 1 aromatic heterocycles. The number of rotatable bonds is 6. The van der Waals surface area contributed by atoms with Gasteiger partial charge in [0.15, 0.2) is 0 Å². The van der Waals surface area contributed by atoms with Crippen molar-refractivity contribution in [1.29, 1.82) is 0 Å². The standard InChI is InChI=1S/C23H23N3O2.CH4/c1-16(24)23(18-5-3-2-4-6-18)28-21-11-12-22-19(13-21)14-25-26(22)20-9-7-17(15-27)8-10-20;/h2-14,16,23,27H,15,24H2,1H3;1H4/t16-,23-;/m0./s1. The second-order valence-electron chi connectivity index (χ2n) is 6.91. The summed E-state index contributed by atoms with van der Waals surface area (Å²) in [4.78, 5) is 0. The summed E-state index contributed by atoms with van der Waals surface area (Å²) in [5.41, 5.74) is 10.0. The van der Waals surface area contributed by atoms with Gasteiger partial charge in [-0.25, -0.2) is 4.68 Å². The first-order valence-corrected chi connectivity index (χ1v) is 9.31. The Hall–Kier alpha value is -3.15. The molecule has 0 saturated carbocycles. The number of nitrogens with zero attached hydrogens (tertiary/aromatic N) is 2. The predicted octanol–water partition coefficient (Wildman–Crippen LogP) is 4.62. The van der Waals surface area contributed by atoms with Crippen molar-refractivity contribution in [2.45, 2.75) is 33.1 Å². The van der Waals surface area contributed by atoms with E-state index in [2.05, 4.69) is 5.10 Å². The molecule has 0 saturated heterocycles. The number of hydrogen-bond donors (Lipinski definition) is 2. The number of hydrogen-bond acceptors (Lipinski definition) is 4. The molecule has 29 heavy (non-hydrogen) atoms. The predicted molar refractivity (Wildman–Crippen MR) is 117 cm³/mol. The third-order valence-electron chi connectivity index (χ3n) is 4.77. The summed E-state index contributed by atoms with van der Waals surface area (Å²) in [6.07, 6.45) is 1.60. The van der Waals surface area contributed by atoms with E-state index in [0.29, 0.717) is 0 Å². The smallest absolute Gasteiger partial charge is 0.138 e. The number of benzene rings is 3. The van der Waals surface area contributed by atoms with Crippen molar-refractivity contribution in [1.82, 2.24) is 9.78 Å². The fourth-order valence-electron chi connectivity index (χ4n) is 3.30. The van der Waals surface area contributed by atoms with Crippen LogP contribution in [0, 0.1) is 0 Å². The molecule has 5 heteroatoms. The van der Waals surface area contributed by atoms with E-state index in [1.165, 1.54) is 0 Å². The van der Waals surface area contributed by atoms with Crippen molar-refractivity contribution in [3.05, 3.63) is 90.1 Å². The van der Waals surface area contributed by atoms with Crippen LogP contribution in [0.25, 0.3) is 16.6 Å². The van der Waals surface area contributed by atoms with Gasteiger partial charge < -0.3 is 15.6 Å². The Labute approximate surface area is 171 Å². The summed E-state index contributed by atoms with van der Waals surface area (Å²) in [6.45, 7) is 1.98. The first kappa shape index (κ1) is 20.6. The summed E-state index contributed by atoms with van der Waals surface area (Å²) in [7, 11) is 0. The van der Waals surface area contributed by atoms with E-state index in [0.717, 1.165) is 33.5 Å². The molecule has 4 rings (SSSR count). The largest absolute Gasteiger partial charge is 0.484 e. The van der Waals surface area contributed by atoms with Crippen molar-refractivity contribution < 1.29 is 9.84 Å². The van der Waals surface area contributed by atoms with E-state index >= 15 is 0 Å². The molecule has 0 aliphatic carbocycles. The molecule has 0 aliphatic rings. The molecule has 0 bridgehead atoms. The van der Waals surface area contributed by atoms with Gasteiger partial charge in [0, 0.05) is 11.4 Å². The number of nitrogens with two attached hydrogens (primary N) is 1. The third kappa shape index (κ3) is 4.31. The summed E-state index contributed by atoms with van der Waals surface area (Å²) in [5.74, 6) is 0.758. The molecule has 0 radical (unpaired) electrons. The van der Waals surface area contributed by atoms with Crippen LogP contribution in [-0.2, 0) is 6.61 Å². The van der Waals surface area contributed by atoms with Crippen LogP contribution in [0.5, 0.6) is 5.75 Å². The number of ether oxygens (including phenoxy) is 1. The van der Waals surface area contributed by atoms with Gasteiger partial charge in [-0.05, 0) is 48.4 Å². The fraction of sp³-hybridized carbons (Fsp3) is 0.208. The molecular formula is C24H27N3O2. The summed E-state index contributed by atoms with van der Waals surface area (Å²) in [6, 6.07) is 23.5. The molecular weight excluding hydrogens is 362 g/mol. The lowest BCUT2D eigenvalue weighted by Crippen LogP contribution is -2.29. The average Bonchev–Trinajstić information content (AvgIpc) is 3.15. The molecule has 0 amide bonds. The first-order valence-electron chi connectivity index (χ1n) is 9.31. The average molecular weight is 389 g/mol. The van der Waals surface area contributed by atoms with Crippen molar-refractivity contribution in [2.24, 2.45) is 5.73 Å². The second kappa shape index (κ2) is 8.90. The van der Waals surface area contributed by atoms with Crippen molar-refractivity contribution in [3.63, 3.8) is 0 Å². The Bertz CT molecular complexity index is 1060. The van der Waals surface area contributed by atoms with Crippen LogP contribution in [0.3, 0.4) is 0 Å². The highest BCUT2D eigenvalue weighted by atomic mass is 16.5. The maximum Gasteiger partial charge on any atom is 0.138 e. The van der Waals surface area contributed by atoms with Crippen LogP contribution in [0.15, 0.2) is 79.0 Å². The minimum Gasteiger partial charge on any atom is -0.484 e. The summed E-state index contributed by atoms with van der Waals surface area (Å²) in [5, 5.41) is 14.7. The third-order valence-corrected chi connectivity index (χ3v) is 4.77. The van der Waals surface area contributed by atoms with Crippen LogP contribution >= 0.6 is 0 Å². The zero-order valence-corrected chi connectivity index (χ0v) is 15.7. The minimum absolute atomic E-state index is 0. The SMILES string of the molecule is C.C[C@H](N)[C@H](Oc1ccc2c(cnn2-c2ccc(CO)cc2)c1)c1ccccc1. The highest BCUT2D eigenvalue weighted by molar-refractivity contribution is 5.81. The highest BCUT2D eigenvalue weighted by Gasteiger charge is 2.18. The van der Waals surface area contributed by atoms with E-state index in [1.54, 1.807) is 0 Å². The van der Waals surface area contributed by atoms with E-state index in [9.17, 15) is 5.11 Å². The Morgan fingerprint density at radius 1 is 1.03 bits per heavy atom. The molecule has 150 valence electrons. The number of aliphatic hydroxyl groups excluding tert-OH is 1. The first-order chi connectivity index (χ1) is 13.7. The van der Waals surface area contributed by atoms with Gasteiger partial charge in [-0.1, -0.05) is 49.9 Å². The molecule has 5 nitrogen and oxygen atoms in total. The fourth-order valence-corrected chi connectivity index (χ4v) is 3.30. The molecule has 0 unspecified atom stereocenters. The molecule has 4 aromatic rings. The zero-order valence-electron chi connectivity index (χ0n) is 15.7. The summed E-state index contributed by atoms with van der Waals surface area (Å²) >= 11 is 0. The van der Waals surface area contributed by atoms with Gasteiger partial charge >= 0.3 is 0 Å². The van der Waals surface area contributed by atoms with Crippen LogP contribution < -0.4 is 10.5 Å². The Balaban J connectivity index is 0.00000240. The molecule has 3 aromatic carbocycles. The lowest BCUT2D eigenvalue weighted by molar-refractivity contribution is 0.180. The van der Waals surface area contributed by atoms with Gasteiger partial charge in [-0.3, -0.25) is 0 Å². The number of fused-ring (bicyclic) bond motifs is 1. The van der Waals surface area contributed by atoms with E-state index in [-0.39, 0.29) is 26.2 Å². The molecule has 0 spiro atoms. The van der Waals surface area contributed by atoms with Gasteiger partial charge in [-0.2, -0.15) is 5.10 Å². The monoisotopic (exact) mass is 389 g/mol. The van der Waals surface area contributed by atoms with Gasteiger partial charge in [0.25, 0.3) is 0 Å². The molecule has 2 atom stereocenters. The maximum absolute atomic E-state index is 9.21. The van der Waals surface area contributed by atoms with Crippen LogP contribution in [0.1, 0.15) is 31.6 Å². The number of aromatic nitrogens is 2. The Morgan fingerprint density at radius 2 is 1.76 bits per heavy atom. The van der Waals surface area contributed by atoms with Gasteiger partial charge in [0.05, 0.1) is 24.0 Å². The van der Waals surface area contributed by atoms with Crippen LogP contribution in [-0.4, -0.2) is 20.9 Å². The Morgan fingerprint density at radius 3 is 2.41 bits per heavy atom. The minimum atomic E-state index is -0.222. The summed E-state index contributed by atoms with van der Waals surface area (Å²) < 4.78 is 8.10. The van der Waals surface area contributed by atoms with Crippen LogP contribution in [0.4, 0.5) is 0 Å². The molecule has 1 heterocycles. The highest BCUT2D eigenvalue weighted by Crippen LogP contribution is 2.28. The maximum atomic E-state index is 9.21. The van der Waals surface area contributed by atoms with E-state index in [1.807, 2.05) is 90.6 Å². The topological polar surface area (TPSA) is 73.3 Å². The zero-order chi connectivity index (χ0) is 19.5. The molecule has 0 fully saturated rings. The van der Waals surface area contributed by atoms with E-state index in [4.69, 9.17) is 10.5 Å².